The van der Waals surface area contributed by atoms with Gasteiger partial charge in [-0.1, -0.05) is 29.8 Å². The van der Waals surface area contributed by atoms with Crippen LogP contribution in [-0.4, -0.2) is 17.8 Å². The summed E-state index contributed by atoms with van der Waals surface area (Å²) in [4.78, 5) is 22.6. The summed E-state index contributed by atoms with van der Waals surface area (Å²) >= 11 is 5.84. The highest BCUT2D eigenvalue weighted by atomic mass is 35.5. The summed E-state index contributed by atoms with van der Waals surface area (Å²) in [6.07, 6.45) is 0.0607. The van der Waals surface area contributed by atoms with E-state index in [1.807, 2.05) is 0 Å². The first-order valence-corrected chi connectivity index (χ1v) is 6.49. The molecule has 0 saturated heterocycles. The van der Waals surface area contributed by atoms with Gasteiger partial charge in [0, 0.05) is 23.1 Å². The van der Waals surface area contributed by atoms with Gasteiger partial charge < -0.3 is 4.74 Å². The number of benzene rings is 2. The fourth-order valence-corrected chi connectivity index (χ4v) is 2.13. The van der Waals surface area contributed by atoms with E-state index in [9.17, 15) is 14.9 Å². The second-order valence-corrected chi connectivity index (χ2v) is 4.81. The van der Waals surface area contributed by atoms with E-state index in [2.05, 4.69) is 0 Å². The maximum atomic E-state index is 12.1. The minimum absolute atomic E-state index is 0.0607. The minimum atomic E-state index is -0.536. The zero-order chi connectivity index (χ0) is 15.4. The van der Waals surface area contributed by atoms with Gasteiger partial charge in [-0.3, -0.25) is 14.9 Å². The number of methoxy groups -OCH3 is 1. The molecule has 0 N–H and O–H groups in total. The lowest BCUT2D eigenvalue weighted by Gasteiger charge is -2.05. The molecule has 0 fully saturated rings. The Morgan fingerprint density at radius 3 is 2.67 bits per heavy atom. The molecule has 0 bridgehead atoms. The van der Waals surface area contributed by atoms with Crippen molar-refractivity contribution in [3.8, 4) is 5.75 Å². The number of carbonyl (C=O) groups is 1. The molecule has 0 aromatic heterocycles. The Kier molecular flexibility index (Phi) is 4.55. The van der Waals surface area contributed by atoms with E-state index in [0.717, 1.165) is 0 Å². The lowest BCUT2D eigenvalue weighted by Crippen LogP contribution is -2.04. The van der Waals surface area contributed by atoms with Gasteiger partial charge in [-0.05, 0) is 23.8 Å². The highest BCUT2D eigenvalue weighted by Gasteiger charge is 2.16. The molecule has 0 saturated carbocycles. The molecule has 2 aromatic rings. The van der Waals surface area contributed by atoms with E-state index in [4.69, 9.17) is 16.3 Å². The van der Waals surface area contributed by atoms with Crippen LogP contribution in [0.2, 0.25) is 5.02 Å². The number of nitro groups is 1. The molecule has 0 aliphatic rings. The summed E-state index contributed by atoms with van der Waals surface area (Å²) in [6, 6.07) is 11.1. The smallest absolute Gasteiger partial charge is 0.311 e. The van der Waals surface area contributed by atoms with Crippen molar-refractivity contribution in [2.75, 3.05) is 7.11 Å². The van der Waals surface area contributed by atoms with E-state index < -0.39 is 4.92 Å². The Hall–Kier alpha value is -2.40. The molecule has 0 spiro atoms. The number of ether oxygens (including phenoxy) is 1. The molecular weight excluding hydrogens is 294 g/mol. The number of hydrogen-bond acceptors (Lipinski definition) is 4. The summed E-state index contributed by atoms with van der Waals surface area (Å²) in [7, 11) is 1.36. The average Bonchev–Trinajstić information content (AvgIpc) is 2.47. The molecule has 2 rings (SSSR count). The summed E-state index contributed by atoms with van der Waals surface area (Å²) < 4.78 is 4.92. The quantitative estimate of drug-likeness (QED) is 0.480. The second kappa shape index (κ2) is 6.37. The Balaban J connectivity index is 2.25. The number of hydrogen-bond donors (Lipinski definition) is 0. The van der Waals surface area contributed by atoms with Crippen molar-refractivity contribution >= 4 is 23.1 Å². The third-order valence-corrected chi connectivity index (χ3v) is 3.19. The van der Waals surface area contributed by atoms with Crippen molar-refractivity contribution in [2.45, 2.75) is 6.42 Å². The molecule has 2 aromatic carbocycles. The first-order valence-electron chi connectivity index (χ1n) is 6.11. The van der Waals surface area contributed by atoms with E-state index in [1.54, 1.807) is 30.3 Å². The first kappa shape index (κ1) is 15.0. The van der Waals surface area contributed by atoms with Gasteiger partial charge in [0.25, 0.3) is 0 Å². The Labute approximate surface area is 126 Å². The zero-order valence-electron chi connectivity index (χ0n) is 11.2. The average molecular weight is 306 g/mol. The van der Waals surface area contributed by atoms with E-state index in [0.29, 0.717) is 16.1 Å². The van der Waals surface area contributed by atoms with Gasteiger partial charge in [0.1, 0.15) is 0 Å². The number of rotatable bonds is 5. The number of ketones is 1. The van der Waals surface area contributed by atoms with Crippen LogP contribution in [-0.2, 0) is 6.42 Å². The van der Waals surface area contributed by atoms with Crippen molar-refractivity contribution in [3.05, 3.63) is 68.7 Å². The molecule has 21 heavy (non-hydrogen) atoms. The highest BCUT2D eigenvalue weighted by molar-refractivity contribution is 6.31. The largest absolute Gasteiger partial charge is 0.490 e. The van der Waals surface area contributed by atoms with Crippen LogP contribution in [0.3, 0.4) is 0 Å². The fraction of sp³-hybridized carbons (Fsp3) is 0.133. The molecule has 6 heteroatoms. The van der Waals surface area contributed by atoms with Gasteiger partial charge in [0.2, 0.25) is 0 Å². The van der Waals surface area contributed by atoms with Gasteiger partial charge in [0.15, 0.2) is 11.5 Å². The first-order chi connectivity index (χ1) is 10.0. The number of carbonyl (C=O) groups excluding carboxylic acids is 1. The number of Topliss-reactive ketones (excluding diaryl/α,β-unsaturated/α-hetero) is 1. The Bertz CT molecular complexity index is 700. The van der Waals surface area contributed by atoms with Crippen molar-refractivity contribution in [2.24, 2.45) is 0 Å². The lowest BCUT2D eigenvalue weighted by atomic mass is 10.0. The second-order valence-electron chi connectivity index (χ2n) is 4.37. The molecule has 0 amide bonds. The number of nitro benzene ring substituents is 1. The van der Waals surface area contributed by atoms with Crippen LogP contribution in [0.5, 0.6) is 5.75 Å². The van der Waals surface area contributed by atoms with Crippen molar-refractivity contribution in [1.29, 1.82) is 0 Å². The summed E-state index contributed by atoms with van der Waals surface area (Å²) in [5, 5.41) is 11.4. The maximum Gasteiger partial charge on any atom is 0.311 e. The van der Waals surface area contributed by atoms with E-state index in [1.165, 1.54) is 19.2 Å². The van der Waals surface area contributed by atoms with Crippen molar-refractivity contribution in [3.63, 3.8) is 0 Å². The Morgan fingerprint density at radius 2 is 2.05 bits per heavy atom. The molecule has 5 nitrogen and oxygen atoms in total. The molecule has 0 radical (unpaired) electrons. The topological polar surface area (TPSA) is 69.4 Å². The van der Waals surface area contributed by atoms with Gasteiger partial charge in [-0.2, -0.15) is 0 Å². The summed E-state index contributed by atoms with van der Waals surface area (Å²) in [6.45, 7) is 0. The third kappa shape index (κ3) is 3.58. The van der Waals surface area contributed by atoms with Crippen molar-refractivity contribution in [1.82, 2.24) is 0 Å². The van der Waals surface area contributed by atoms with E-state index >= 15 is 0 Å². The molecule has 0 heterocycles. The van der Waals surface area contributed by atoms with Crippen LogP contribution in [0, 0.1) is 10.1 Å². The Morgan fingerprint density at radius 1 is 1.29 bits per heavy atom. The minimum Gasteiger partial charge on any atom is -0.490 e. The standard InChI is InChI=1S/C15H12ClNO4/c1-21-15-6-5-10(7-13(15)17(19)20)8-14(18)11-3-2-4-12(16)9-11/h2-7,9H,8H2,1H3. The fourth-order valence-electron chi connectivity index (χ4n) is 1.94. The third-order valence-electron chi connectivity index (χ3n) is 2.95. The molecule has 0 atom stereocenters. The molecule has 0 aliphatic heterocycles. The predicted octanol–water partition coefficient (Wildman–Crippen LogP) is 3.68. The number of nitrogens with zero attached hydrogens (tertiary/aromatic N) is 1. The predicted molar refractivity (Wildman–Crippen MR) is 79.1 cm³/mol. The SMILES string of the molecule is COc1ccc(CC(=O)c2cccc(Cl)c2)cc1[N+](=O)[O-]. The molecule has 0 unspecified atom stereocenters. The van der Waals surface area contributed by atoms with Crippen LogP contribution < -0.4 is 4.74 Å². The number of halogens is 1. The highest BCUT2D eigenvalue weighted by Crippen LogP contribution is 2.28. The van der Waals surface area contributed by atoms with Crippen LogP contribution in [0.25, 0.3) is 0 Å². The van der Waals surface area contributed by atoms with Crippen LogP contribution in [0.15, 0.2) is 42.5 Å². The van der Waals surface area contributed by atoms with Gasteiger partial charge >= 0.3 is 5.69 Å². The summed E-state index contributed by atoms with van der Waals surface area (Å²) in [5.74, 6) is 0.0101. The lowest BCUT2D eigenvalue weighted by molar-refractivity contribution is -0.385. The van der Waals surface area contributed by atoms with Crippen LogP contribution in [0.4, 0.5) is 5.69 Å². The molecule has 108 valence electrons. The molecule has 0 aliphatic carbocycles. The van der Waals surface area contributed by atoms with Gasteiger partial charge in [0.05, 0.1) is 12.0 Å². The zero-order valence-corrected chi connectivity index (χ0v) is 12.0. The summed E-state index contributed by atoms with van der Waals surface area (Å²) in [5.41, 5.74) is 0.863. The van der Waals surface area contributed by atoms with Gasteiger partial charge in [-0.25, -0.2) is 0 Å². The van der Waals surface area contributed by atoms with Crippen LogP contribution >= 0.6 is 11.6 Å². The monoisotopic (exact) mass is 305 g/mol. The maximum absolute atomic E-state index is 12.1. The normalized spacial score (nSPS) is 10.2. The van der Waals surface area contributed by atoms with E-state index in [-0.39, 0.29) is 23.6 Å². The van der Waals surface area contributed by atoms with Crippen molar-refractivity contribution < 1.29 is 14.5 Å². The van der Waals surface area contributed by atoms with Crippen LogP contribution in [0.1, 0.15) is 15.9 Å². The van der Waals surface area contributed by atoms with Gasteiger partial charge in [-0.15, -0.1) is 0 Å². The molecular formula is C15H12ClNO4.